The van der Waals surface area contributed by atoms with Crippen LogP contribution >= 0.6 is 23.1 Å². The van der Waals surface area contributed by atoms with Crippen molar-refractivity contribution in [1.29, 1.82) is 0 Å². The van der Waals surface area contributed by atoms with Gasteiger partial charge >= 0.3 is 0 Å². The first-order valence-electron chi connectivity index (χ1n) is 7.60. The topological polar surface area (TPSA) is 101 Å². The molecule has 3 rings (SSSR count). The van der Waals surface area contributed by atoms with Gasteiger partial charge in [0.2, 0.25) is 5.91 Å². The van der Waals surface area contributed by atoms with Crippen molar-refractivity contribution in [2.45, 2.75) is 4.90 Å². The van der Waals surface area contributed by atoms with Crippen molar-refractivity contribution in [3.8, 4) is 0 Å². The van der Waals surface area contributed by atoms with Crippen LogP contribution in [-0.2, 0) is 4.79 Å². The number of para-hydroxylation sites is 1. The maximum Gasteiger partial charge on any atom is 0.282 e. The molecule has 3 aromatic rings. The van der Waals surface area contributed by atoms with Gasteiger partial charge in [-0.3, -0.25) is 30.6 Å². The summed E-state index contributed by atoms with van der Waals surface area (Å²) >= 11 is 1.94. The van der Waals surface area contributed by atoms with E-state index < -0.39 is 22.6 Å². The molecule has 2 amide bonds. The standard InChI is InChI=1S/C17H12FN3O4S2/c18-15-10-5-1-3-7-12(10)27-16(15)17(23)20-19-14(22)9-26-13-8-4-2-6-11(13)21(24)25/h1-8H,9H2,(H,19,22)(H,20,23). The molecule has 138 valence electrons. The molecule has 0 bridgehead atoms. The van der Waals surface area contributed by atoms with Crippen LogP contribution in [0.25, 0.3) is 10.1 Å². The molecule has 10 heteroatoms. The fourth-order valence-corrected chi connectivity index (χ4v) is 4.05. The third-order valence-corrected chi connectivity index (χ3v) is 5.68. The number of fused-ring (bicyclic) bond motifs is 1. The molecule has 0 aliphatic heterocycles. The van der Waals surface area contributed by atoms with Crippen LogP contribution in [0.1, 0.15) is 9.67 Å². The molecular weight excluding hydrogens is 393 g/mol. The quantitative estimate of drug-likeness (QED) is 0.384. The number of halogens is 1. The number of thiophene rings is 1. The Morgan fingerprint density at radius 2 is 1.81 bits per heavy atom. The smallest absolute Gasteiger partial charge is 0.272 e. The summed E-state index contributed by atoms with van der Waals surface area (Å²) in [5, 5.41) is 11.3. The Bertz CT molecular complexity index is 1040. The number of nitro groups is 1. The molecule has 0 atom stereocenters. The second-order valence-electron chi connectivity index (χ2n) is 5.26. The molecule has 0 radical (unpaired) electrons. The summed E-state index contributed by atoms with van der Waals surface area (Å²) in [6.45, 7) is 0. The van der Waals surface area contributed by atoms with Crippen molar-refractivity contribution in [2.24, 2.45) is 0 Å². The molecule has 0 saturated heterocycles. The molecule has 0 aliphatic rings. The van der Waals surface area contributed by atoms with Crippen molar-refractivity contribution in [3.05, 3.63) is 69.3 Å². The van der Waals surface area contributed by atoms with Gasteiger partial charge in [-0.1, -0.05) is 30.3 Å². The monoisotopic (exact) mass is 405 g/mol. The van der Waals surface area contributed by atoms with E-state index in [1.807, 2.05) is 0 Å². The van der Waals surface area contributed by atoms with Gasteiger partial charge in [-0.15, -0.1) is 23.1 Å². The number of carbonyl (C=O) groups is 2. The van der Waals surface area contributed by atoms with E-state index >= 15 is 0 Å². The number of hydrazine groups is 1. The molecule has 1 heterocycles. The van der Waals surface area contributed by atoms with Crippen molar-refractivity contribution < 1.29 is 18.9 Å². The number of hydrogen-bond donors (Lipinski definition) is 2. The highest BCUT2D eigenvalue weighted by molar-refractivity contribution is 8.00. The number of benzene rings is 2. The van der Waals surface area contributed by atoms with Crippen molar-refractivity contribution >= 4 is 50.7 Å². The van der Waals surface area contributed by atoms with Gasteiger partial charge in [0.1, 0.15) is 4.88 Å². The Labute approximate surface area is 160 Å². The summed E-state index contributed by atoms with van der Waals surface area (Å²) in [6, 6.07) is 12.7. The molecule has 7 nitrogen and oxygen atoms in total. The number of thioether (sulfide) groups is 1. The van der Waals surface area contributed by atoms with Crippen LogP contribution in [0, 0.1) is 15.9 Å². The predicted octanol–water partition coefficient (Wildman–Crippen LogP) is 3.50. The van der Waals surface area contributed by atoms with Gasteiger partial charge in [0.25, 0.3) is 11.6 Å². The predicted molar refractivity (Wildman–Crippen MR) is 101 cm³/mol. The number of rotatable bonds is 5. The summed E-state index contributed by atoms with van der Waals surface area (Å²) in [7, 11) is 0. The molecule has 27 heavy (non-hydrogen) atoms. The zero-order valence-electron chi connectivity index (χ0n) is 13.6. The Morgan fingerprint density at radius 3 is 2.56 bits per heavy atom. The first-order valence-corrected chi connectivity index (χ1v) is 9.40. The molecule has 0 saturated carbocycles. The average Bonchev–Trinajstić information content (AvgIpc) is 3.01. The Balaban J connectivity index is 1.58. The SMILES string of the molecule is O=C(CSc1ccccc1[N+](=O)[O-])NNC(=O)c1sc2ccccc2c1F. The average molecular weight is 405 g/mol. The first kappa shape index (κ1) is 18.8. The number of carbonyl (C=O) groups excluding carboxylic acids is 2. The van der Waals surface area contributed by atoms with Crippen LogP contribution in [0.15, 0.2) is 53.4 Å². The van der Waals surface area contributed by atoms with E-state index in [0.29, 0.717) is 15.0 Å². The lowest BCUT2D eigenvalue weighted by atomic mass is 10.2. The van der Waals surface area contributed by atoms with Crippen LogP contribution in [-0.4, -0.2) is 22.5 Å². The summed E-state index contributed by atoms with van der Waals surface area (Å²) in [6.07, 6.45) is 0. The summed E-state index contributed by atoms with van der Waals surface area (Å²) in [5.74, 6) is -2.14. The van der Waals surface area contributed by atoms with Gasteiger partial charge in [-0.2, -0.15) is 0 Å². The number of amides is 2. The van der Waals surface area contributed by atoms with E-state index in [2.05, 4.69) is 10.9 Å². The van der Waals surface area contributed by atoms with Gasteiger partial charge < -0.3 is 0 Å². The van der Waals surface area contributed by atoms with Crippen molar-refractivity contribution in [3.63, 3.8) is 0 Å². The lowest BCUT2D eigenvalue weighted by Crippen LogP contribution is -2.42. The Morgan fingerprint density at radius 1 is 1.11 bits per heavy atom. The second-order valence-corrected chi connectivity index (χ2v) is 7.33. The molecule has 0 fully saturated rings. The van der Waals surface area contributed by atoms with Crippen LogP contribution in [0.5, 0.6) is 0 Å². The minimum Gasteiger partial charge on any atom is -0.272 e. The van der Waals surface area contributed by atoms with E-state index in [9.17, 15) is 24.1 Å². The number of nitrogens with one attached hydrogen (secondary N) is 2. The normalized spacial score (nSPS) is 10.6. The highest BCUT2D eigenvalue weighted by Crippen LogP contribution is 2.30. The molecule has 0 unspecified atom stereocenters. The molecule has 0 spiro atoms. The molecule has 2 aromatic carbocycles. The minimum absolute atomic E-state index is 0.105. The lowest BCUT2D eigenvalue weighted by Gasteiger charge is -2.06. The van der Waals surface area contributed by atoms with E-state index in [-0.39, 0.29) is 16.3 Å². The summed E-state index contributed by atoms with van der Waals surface area (Å²) in [4.78, 5) is 34.6. The third kappa shape index (κ3) is 4.23. The van der Waals surface area contributed by atoms with E-state index in [1.54, 1.807) is 30.3 Å². The number of hydrogen-bond acceptors (Lipinski definition) is 6. The zero-order chi connectivity index (χ0) is 19.4. The Hall–Kier alpha value is -2.98. The van der Waals surface area contributed by atoms with Gasteiger partial charge in [0.15, 0.2) is 5.82 Å². The molecule has 1 aromatic heterocycles. The second kappa shape index (κ2) is 8.14. The minimum atomic E-state index is -0.766. The van der Waals surface area contributed by atoms with Gasteiger partial charge in [-0.25, -0.2) is 4.39 Å². The van der Waals surface area contributed by atoms with Gasteiger partial charge in [0, 0.05) is 16.2 Å². The highest BCUT2D eigenvalue weighted by Gasteiger charge is 2.19. The van der Waals surface area contributed by atoms with Crippen molar-refractivity contribution in [1.82, 2.24) is 10.9 Å². The van der Waals surface area contributed by atoms with Gasteiger partial charge in [-0.05, 0) is 12.1 Å². The third-order valence-electron chi connectivity index (χ3n) is 3.48. The van der Waals surface area contributed by atoms with Crippen LogP contribution < -0.4 is 10.9 Å². The molecule has 2 N–H and O–H groups in total. The number of nitrogens with zero attached hydrogens (tertiary/aromatic N) is 1. The maximum atomic E-state index is 14.3. The van der Waals surface area contributed by atoms with E-state index in [4.69, 9.17) is 0 Å². The molecular formula is C17H12FN3O4S2. The Kier molecular flexibility index (Phi) is 5.67. The van der Waals surface area contributed by atoms with Gasteiger partial charge in [0.05, 0.1) is 15.6 Å². The fourth-order valence-electron chi connectivity index (χ4n) is 2.25. The summed E-state index contributed by atoms with van der Waals surface area (Å²) < 4.78 is 14.9. The van der Waals surface area contributed by atoms with Crippen LogP contribution in [0.4, 0.5) is 10.1 Å². The van der Waals surface area contributed by atoms with Crippen LogP contribution in [0.3, 0.4) is 0 Å². The van der Waals surface area contributed by atoms with E-state index in [1.165, 1.54) is 18.2 Å². The fraction of sp³-hybridized carbons (Fsp3) is 0.0588. The number of nitro benzene ring substituents is 1. The lowest BCUT2D eigenvalue weighted by molar-refractivity contribution is -0.387. The molecule has 0 aliphatic carbocycles. The highest BCUT2D eigenvalue weighted by atomic mass is 32.2. The van der Waals surface area contributed by atoms with Crippen molar-refractivity contribution in [2.75, 3.05) is 5.75 Å². The maximum absolute atomic E-state index is 14.3. The van der Waals surface area contributed by atoms with Crippen LogP contribution in [0.2, 0.25) is 0 Å². The summed E-state index contributed by atoms with van der Waals surface area (Å²) in [5.41, 5.74) is 4.24. The largest absolute Gasteiger partial charge is 0.282 e. The first-order chi connectivity index (χ1) is 13.0. The van der Waals surface area contributed by atoms with E-state index in [0.717, 1.165) is 23.1 Å². The zero-order valence-corrected chi connectivity index (χ0v) is 15.2.